The lowest BCUT2D eigenvalue weighted by Gasteiger charge is -2.34. The molecule has 1 N–H and O–H groups in total. The Morgan fingerprint density at radius 2 is 2.10 bits per heavy atom. The quantitative estimate of drug-likeness (QED) is 0.819. The standard InChI is InChI=1S/C17H19ClFNO/c1-10-7-11-14(8-17(2,3)9-15(11)21)20(10)16-12(18)5-4-6-13(16)19/h4-7,15,21H,8-9H2,1-3H3. The largest absolute Gasteiger partial charge is 0.388 e. The highest BCUT2D eigenvalue weighted by atomic mass is 35.5. The Bertz CT molecular complexity index is 685. The molecule has 1 aromatic heterocycles. The summed E-state index contributed by atoms with van der Waals surface area (Å²) in [6.45, 7) is 6.16. The third-order valence-corrected chi connectivity index (χ3v) is 4.54. The average Bonchev–Trinajstić information content (AvgIpc) is 2.66. The summed E-state index contributed by atoms with van der Waals surface area (Å²) < 4.78 is 16.1. The van der Waals surface area contributed by atoms with Gasteiger partial charge in [0.25, 0.3) is 0 Å². The predicted octanol–water partition coefficient (Wildman–Crippen LogP) is 4.58. The van der Waals surface area contributed by atoms with Gasteiger partial charge in [-0.2, -0.15) is 0 Å². The number of rotatable bonds is 1. The van der Waals surface area contributed by atoms with Gasteiger partial charge in [-0.3, -0.25) is 0 Å². The number of fused-ring (bicyclic) bond motifs is 1. The van der Waals surface area contributed by atoms with Gasteiger partial charge in [0.1, 0.15) is 11.5 Å². The summed E-state index contributed by atoms with van der Waals surface area (Å²) in [5.74, 6) is -0.345. The van der Waals surface area contributed by atoms with E-state index in [2.05, 4.69) is 13.8 Å². The van der Waals surface area contributed by atoms with Crippen LogP contribution >= 0.6 is 11.6 Å². The van der Waals surface area contributed by atoms with Crippen LogP contribution in [0.15, 0.2) is 24.3 Å². The summed E-state index contributed by atoms with van der Waals surface area (Å²) in [5, 5.41) is 10.8. The van der Waals surface area contributed by atoms with Crippen LogP contribution in [-0.2, 0) is 6.42 Å². The van der Waals surface area contributed by atoms with Crippen molar-refractivity contribution in [3.63, 3.8) is 0 Å². The first-order valence-electron chi connectivity index (χ1n) is 7.14. The van der Waals surface area contributed by atoms with E-state index in [0.717, 1.165) is 23.4 Å². The van der Waals surface area contributed by atoms with Crippen molar-refractivity contribution < 1.29 is 9.50 Å². The summed E-state index contributed by atoms with van der Waals surface area (Å²) in [5.41, 5.74) is 3.10. The maximum absolute atomic E-state index is 14.3. The number of hydrogen-bond acceptors (Lipinski definition) is 1. The summed E-state index contributed by atoms with van der Waals surface area (Å²) in [7, 11) is 0. The molecule has 3 rings (SSSR count). The van der Waals surface area contributed by atoms with E-state index >= 15 is 0 Å². The molecule has 0 spiro atoms. The summed E-state index contributed by atoms with van der Waals surface area (Å²) in [4.78, 5) is 0. The number of aliphatic hydroxyl groups is 1. The van der Waals surface area contributed by atoms with Gasteiger partial charge in [-0.05, 0) is 43.4 Å². The van der Waals surface area contributed by atoms with Crippen molar-refractivity contribution in [1.82, 2.24) is 4.57 Å². The highest BCUT2D eigenvalue weighted by molar-refractivity contribution is 6.32. The van der Waals surface area contributed by atoms with Crippen molar-refractivity contribution in [3.8, 4) is 5.69 Å². The lowest BCUT2D eigenvalue weighted by molar-refractivity contribution is 0.0986. The lowest BCUT2D eigenvalue weighted by Crippen LogP contribution is -2.26. The highest BCUT2D eigenvalue weighted by Crippen LogP contribution is 2.43. The fraction of sp³-hybridized carbons (Fsp3) is 0.412. The Labute approximate surface area is 129 Å². The Balaban J connectivity index is 2.26. The zero-order valence-corrected chi connectivity index (χ0v) is 13.2. The molecule has 0 radical (unpaired) electrons. The van der Waals surface area contributed by atoms with Crippen LogP contribution in [0.5, 0.6) is 0 Å². The fourth-order valence-corrected chi connectivity index (χ4v) is 3.60. The Morgan fingerprint density at radius 3 is 2.76 bits per heavy atom. The van der Waals surface area contributed by atoms with Crippen molar-refractivity contribution in [2.45, 2.75) is 39.7 Å². The minimum Gasteiger partial charge on any atom is -0.388 e. The van der Waals surface area contributed by atoms with Gasteiger partial charge in [-0.25, -0.2) is 4.39 Å². The number of para-hydroxylation sites is 1. The first kappa shape index (κ1) is 14.6. The van der Waals surface area contributed by atoms with Gasteiger partial charge in [-0.15, -0.1) is 0 Å². The Hall–Kier alpha value is -1.32. The maximum Gasteiger partial charge on any atom is 0.148 e. The Morgan fingerprint density at radius 1 is 1.38 bits per heavy atom. The molecule has 0 fully saturated rings. The monoisotopic (exact) mass is 307 g/mol. The molecule has 4 heteroatoms. The van der Waals surface area contributed by atoms with Gasteiger partial charge in [0.05, 0.1) is 11.1 Å². The van der Waals surface area contributed by atoms with E-state index in [1.54, 1.807) is 12.1 Å². The third kappa shape index (κ3) is 2.39. The second-order valence-electron chi connectivity index (χ2n) is 6.65. The summed E-state index contributed by atoms with van der Waals surface area (Å²) in [6.07, 6.45) is 1.00. The van der Waals surface area contributed by atoms with Gasteiger partial charge in [0.15, 0.2) is 0 Å². The van der Waals surface area contributed by atoms with E-state index in [-0.39, 0.29) is 11.2 Å². The molecule has 21 heavy (non-hydrogen) atoms. The van der Waals surface area contributed by atoms with E-state index in [1.165, 1.54) is 6.07 Å². The molecular weight excluding hydrogens is 289 g/mol. The van der Waals surface area contributed by atoms with E-state index in [1.807, 2.05) is 17.6 Å². The Kier molecular flexibility index (Phi) is 3.38. The summed E-state index contributed by atoms with van der Waals surface area (Å²) in [6, 6.07) is 6.65. The van der Waals surface area contributed by atoms with Gasteiger partial charge in [0.2, 0.25) is 0 Å². The fourth-order valence-electron chi connectivity index (χ4n) is 3.36. The van der Waals surface area contributed by atoms with Crippen molar-refractivity contribution in [2.24, 2.45) is 5.41 Å². The number of halogens is 2. The highest BCUT2D eigenvalue weighted by Gasteiger charge is 2.35. The van der Waals surface area contributed by atoms with Crippen LogP contribution in [0.2, 0.25) is 5.02 Å². The number of nitrogens with zero attached hydrogens (tertiary/aromatic N) is 1. The molecule has 0 bridgehead atoms. The van der Waals surface area contributed by atoms with Crippen LogP contribution in [0, 0.1) is 18.2 Å². The van der Waals surface area contributed by atoms with Gasteiger partial charge in [0, 0.05) is 17.0 Å². The van der Waals surface area contributed by atoms with Crippen LogP contribution in [0.3, 0.4) is 0 Å². The summed E-state index contributed by atoms with van der Waals surface area (Å²) >= 11 is 6.22. The molecule has 1 aliphatic carbocycles. The van der Waals surface area contributed by atoms with Crippen LogP contribution < -0.4 is 0 Å². The molecule has 2 nitrogen and oxygen atoms in total. The normalized spacial score (nSPS) is 20.4. The molecule has 2 aromatic rings. The SMILES string of the molecule is Cc1cc2c(n1-c1c(F)cccc1Cl)CC(C)(C)CC2O. The average molecular weight is 308 g/mol. The zero-order valence-electron chi connectivity index (χ0n) is 12.5. The number of aryl methyl sites for hydroxylation is 1. The minimum atomic E-state index is -0.505. The number of benzene rings is 1. The van der Waals surface area contributed by atoms with Crippen LogP contribution in [-0.4, -0.2) is 9.67 Å². The van der Waals surface area contributed by atoms with Crippen LogP contribution in [0.1, 0.15) is 43.3 Å². The van der Waals surface area contributed by atoms with Gasteiger partial charge >= 0.3 is 0 Å². The molecule has 0 saturated heterocycles. The number of aliphatic hydroxyl groups excluding tert-OH is 1. The van der Waals surface area contributed by atoms with Crippen LogP contribution in [0.25, 0.3) is 5.69 Å². The topological polar surface area (TPSA) is 25.2 Å². The zero-order chi connectivity index (χ0) is 15.4. The van der Waals surface area contributed by atoms with Crippen molar-refractivity contribution in [3.05, 3.63) is 52.1 Å². The molecule has 0 amide bonds. The van der Waals surface area contributed by atoms with E-state index in [0.29, 0.717) is 17.1 Å². The van der Waals surface area contributed by atoms with E-state index < -0.39 is 6.10 Å². The van der Waals surface area contributed by atoms with Gasteiger partial charge < -0.3 is 9.67 Å². The third-order valence-electron chi connectivity index (χ3n) is 4.23. The van der Waals surface area contributed by atoms with Crippen molar-refractivity contribution >= 4 is 11.6 Å². The minimum absolute atomic E-state index is 0.0211. The number of aromatic nitrogens is 1. The smallest absolute Gasteiger partial charge is 0.148 e. The van der Waals surface area contributed by atoms with Gasteiger partial charge in [-0.1, -0.05) is 31.5 Å². The molecule has 1 atom stereocenters. The van der Waals surface area contributed by atoms with Crippen molar-refractivity contribution in [1.29, 1.82) is 0 Å². The lowest BCUT2D eigenvalue weighted by atomic mass is 9.75. The van der Waals surface area contributed by atoms with Crippen LogP contribution in [0.4, 0.5) is 4.39 Å². The molecule has 0 saturated carbocycles. The predicted molar refractivity (Wildman–Crippen MR) is 82.5 cm³/mol. The molecule has 0 aliphatic heterocycles. The molecule has 112 valence electrons. The molecular formula is C17H19ClFNO. The second kappa shape index (κ2) is 4.85. The first-order chi connectivity index (χ1) is 9.80. The second-order valence-corrected chi connectivity index (χ2v) is 7.06. The number of hydrogen-bond donors (Lipinski definition) is 1. The molecule has 1 aliphatic rings. The maximum atomic E-state index is 14.3. The first-order valence-corrected chi connectivity index (χ1v) is 7.51. The van der Waals surface area contributed by atoms with E-state index in [9.17, 15) is 9.50 Å². The molecule has 1 aromatic carbocycles. The molecule has 1 heterocycles. The van der Waals surface area contributed by atoms with Crippen molar-refractivity contribution in [2.75, 3.05) is 0 Å². The molecule has 1 unspecified atom stereocenters. The van der Waals surface area contributed by atoms with E-state index in [4.69, 9.17) is 11.6 Å².